The van der Waals surface area contributed by atoms with Crippen molar-refractivity contribution in [3.05, 3.63) is 35.9 Å². The van der Waals surface area contributed by atoms with Crippen LogP contribution in [-0.2, 0) is 0 Å². The molecule has 2 heterocycles. The fraction of sp³-hybridized carbons (Fsp3) is 0.625. The molecule has 0 unspecified atom stereocenters. The van der Waals surface area contributed by atoms with Gasteiger partial charge in [0.05, 0.1) is 0 Å². The first kappa shape index (κ1) is 10.1. The quantitative estimate of drug-likeness (QED) is 0.710. The zero-order valence-electron chi connectivity index (χ0n) is 10.4. The summed E-state index contributed by atoms with van der Waals surface area (Å²) in [7, 11) is 0. The van der Waals surface area contributed by atoms with Gasteiger partial charge in [0.1, 0.15) is 0 Å². The predicted molar refractivity (Wildman–Crippen MR) is 70.0 cm³/mol. The average Bonchev–Trinajstić information content (AvgIpc) is 2.78. The molecular formula is C16H21N. The number of piperidine rings is 1. The highest BCUT2D eigenvalue weighted by atomic mass is 15.2. The first-order valence-electron chi connectivity index (χ1n) is 7.24. The van der Waals surface area contributed by atoms with E-state index in [9.17, 15) is 0 Å². The van der Waals surface area contributed by atoms with E-state index in [1.54, 1.807) is 5.56 Å². The molecule has 1 nitrogen and oxygen atoms in total. The first-order chi connectivity index (χ1) is 8.43. The minimum Gasteiger partial charge on any atom is -0.297 e. The Morgan fingerprint density at radius 3 is 2.76 bits per heavy atom. The molecule has 1 saturated carbocycles. The summed E-state index contributed by atoms with van der Waals surface area (Å²) in [5.41, 5.74) is 1.58. The Balaban J connectivity index is 1.60. The molecule has 0 spiro atoms. The van der Waals surface area contributed by atoms with Crippen LogP contribution in [-0.4, -0.2) is 23.5 Å². The van der Waals surface area contributed by atoms with Crippen molar-refractivity contribution in [2.24, 2.45) is 5.92 Å². The molecule has 17 heavy (non-hydrogen) atoms. The van der Waals surface area contributed by atoms with Crippen LogP contribution in [0.1, 0.15) is 43.6 Å². The van der Waals surface area contributed by atoms with Gasteiger partial charge in [0, 0.05) is 18.0 Å². The molecule has 4 rings (SSSR count). The molecule has 3 fully saturated rings. The van der Waals surface area contributed by atoms with Gasteiger partial charge in [-0.3, -0.25) is 4.90 Å². The van der Waals surface area contributed by atoms with Crippen molar-refractivity contribution in [2.45, 2.75) is 50.1 Å². The number of hydrogen-bond donors (Lipinski definition) is 0. The van der Waals surface area contributed by atoms with Crippen LogP contribution in [0.5, 0.6) is 0 Å². The van der Waals surface area contributed by atoms with Crippen LogP contribution < -0.4 is 0 Å². The highest BCUT2D eigenvalue weighted by Gasteiger charge is 2.50. The van der Waals surface area contributed by atoms with Crippen molar-refractivity contribution >= 4 is 0 Å². The van der Waals surface area contributed by atoms with Crippen molar-refractivity contribution in [1.82, 2.24) is 4.90 Å². The van der Waals surface area contributed by atoms with Crippen LogP contribution in [0.15, 0.2) is 30.3 Å². The van der Waals surface area contributed by atoms with Gasteiger partial charge >= 0.3 is 0 Å². The lowest BCUT2D eigenvalue weighted by molar-refractivity contribution is -0.0172. The van der Waals surface area contributed by atoms with E-state index < -0.39 is 0 Å². The maximum absolute atomic E-state index is 2.86. The van der Waals surface area contributed by atoms with E-state index in [0.717, 1.165) is 23.9 Å². The van der Waals surface area contributed by atoms with Crippen LogP contribution in [0.4, 0.5) is 0 Å². The van der Waals surface area contributed by atoms with Gasteiger partial charge in [-0.15, -0.1) is 0 Å². The van der Waals surface area contributed by atoms with Gasteiger partial charge in [0.15, 0.2) is 0 Å². The van der Waals surface area contributed by atoms with E-state index in [1.807, 2.05) is 0 Å². The molecule has 1 heteroatoms. The fourth-order valence-electron chi connectivity index (χ4n) is 4.53. The number of nitrogens with zero attached hydrogens (tertiary/aromatic N) is 1. The summed E-state index contributed by atoms with van der Waals surface area (Å²) < 4.78 is 0. The second kappa shape index (κ2) is 3.84. The van der Waals surface area contributed by atoms with Crippen molar-refractivity contribution in [1.29, 1.82) is 0 Å². The topological polar surface area (TPSA) is 3.24 Å². The summed E-state index contributed by atoms with van der Waals surface area (Å²) in [4.78, 5) is 2.86. The lowest BCUT2D eigenvalue weighted by Gasteiger charge is -2.55. The third kappa shape index (κ3) is 1.48. The largest absolute Gasteiger partial charge is 0.297 e. The summed E-state index contributed by atoms with van der Waals surface area (Å²) in [5.74, 6) is 1.84. The Morgan fingerprint density at radius 2 is 1.88 bits per heavy atom. The summed E-state index contributed by atoms with van der Waals surface area (Å²) in [5, 5.41) is 0. The Bertz CT molecular complexity index is 399. The van der Waals surface area contributed by atoms with Crippen molar-refractivity contribution < 1.29 is 0 Å². The zero-order chi connectivity index (χ0) is 11.2. The molecule has 0 radical (unpaired) electrons. The number of rotatable bonds is 1. The van der Waals surface area contributed by atoms with E-state index in [4.69, 9.17) is 0 Å². The molecule has 0 N–H and O–H groups in total. The Morgan fingerprint density at radius 1 is 1.00 bits per heavy atom. The summed E-state index contributed by atoms with van der Waals surface area (Å²) in [6.07, 6.45) is 7.32. The molecule has 1 aromatic carbocycles. The number of hydrogen-bond acceptors (Lipinski definition) is 1. The first-order valence-corrected chi connectivity index (χ1v) is 7.24. The SMILES string of the molecule is c1ccc([C@H]2C[C@H]3CC[C@H]4CCCN4[C@H]32)cc1. The standard InChI is InChI=1S/C16H21N/c1-2-5-12(6-3-1)15-11-13-8-9-14-7-4-10-17(14)16(13)15/h1-3,5-6,13-16H,4,7-11H2/t13-,14-,15-,16-/m1/s1. The van der Waals surface area contributed by atoms with Crippen LogP contribution >= 0.6 is 0 Å². The van der Waals surface area contributed by atoms with Crippen LogP contribution in [0.3, 0.4) is 0 Å². The van der Waals surface area contributed by atoms with E-state index in [1.165, 1.54) is 38.6 Å². The summed E-state index contributed by atoms with van der Waals surface area (Å²) >= 11 is 0. The van der Waals surface area contributed by atoms with E-state index in [2.05, 4.69) is 35.2 Å². The highest BCUT2D eigenvalue weighted by molar-refractivity contribution is 5.26. The molecule has 4 atom stereocenters. The lowest BCUT2D eigenvalue weighted by Crippen LogP contribution is -2.57. The minimum atomic E-state index is 0.835. The third-order valence-corrected chi connectivity index (χ3v) is 5.36. The zero-order valence-corrected chi connectivity index (χ0v) is 10.4. The second-order valence-electron chi connectivity index (χ2n) is 6.11. The smallest absolute Gasteiger partial charge is 0.0195 e. The summed E-state index contributed by atoms with van der Waals surface area (Å²) in [6.45, 7) is 1.37. The molecule has 3 aliphatic rings. The maximum atomic E-state index is 2.86. The lowest BCUT2D eigenvalue weighted by atomic mass is 9.62. The van der Waals surface area contributed by atoms with Gasteiger partial charge < -0.3 is 0 Å². The van der Waals surface area contributed by atoms with Gasteiger partial charge in [0.2, 0.25) is 0 Å². The molecule has 1 aromatic rings. The maximum Gasteiger partial charge on any atom is 0.0195 e. The minimum absolute atomic E-state index is 0.835. The van der Waals surface area contributed by atoms with Crippen molar-refractivity contribution in [2.75, 3.05) is 6.54 Å². The molecule has 0 aromatic heterocycles. The number of benzene rings is 1. The Kier molecular flexibility index (Phi) is 2.29. The second-order valence-corrected chi connectivity index (χ2v) is 6.11. The molecule has 90 valence electrons. The molecule has 2 aliphatic heterocycles. The van der Waals surface area contributed by atoms with E-state index in [-0.39, 0.29) is 0 Å². The van der Waals surface area contributed by atoms with Crippen LogP contribution in [0.25, 0.3) is 0 Å². The summed E-state index contributed by atoms with van der Waals surface area (Å²) in [6, 6.07) is 13.0. The third-order valence-electron chi connectivity index (χ3n) is 5.36. The average molecular weight is 227 g/mol. The van der Waals surface area contributed by atoms with E-state index >= 15 is 0 Å². The number of fused-ring (bicyclic) bond motifs is 3. The van der Waals surface area contributed by atoms with Crippen molar-refractivity contribution in [3.8, 4) is 0 Å². The van der Waals surface area contributed by atoms with Gasteiger partial charge in [-0.2, -0.15) is 0 Å². The van der Waals surface area contributed by atoms with Gasteiger partial charge in [-0.25, -0.2) is 0 Å². The van der Waals surface area contributed by atoms with Gasteiger partial charge in [-0.1, -0.05) is 30.3 Å². The monoisotopic (exact) mass is 227 g/mol. The fourth-order valence-corrected chi connectivity index (χ4v) is 4.53. The van der Waals surface area contributed by atoms with Crippen LogP contribution in [0, 0.1) is 5.92 Å². The van der Waals surface area contributed by atoms with Gasteiger partial charge in [-0.05, 0) is 50.1 Å². The van der Waals surface area contributed by atoms with Gasteiger partial charge in [0.25, 0.3) is 0 Å². The van der Waals surface area contributed by atoms with Crippen LogP contribution in [0.2, 0.25) is 0 Å². The molecule has 2 saturated heterocycles. The molecule has 0 bridgehead atoms. The normalized spacial score (nSPS) is 40.5. The Hall–Kier alpha value is -0.820. The molecule has 1 aliphatic carbocycles. The molecule has 0 amide bonds. The highest BCUT2D eigenvalue weighted by Crippen LogP contribution is 2.52. The molecular weight excluding hydrogens is 206 g/mol. The predicted octanol–water partition coefficient (Wildman–Crippen LogP) is 3.42. The van der Waals surface area contributed by atoms with Crippen molar-refractivity contribution in [3.63, 3.8) is 0 Å². The Labute approximate surface area is 104 Å². The van der Waals surface area contributed by atoms with E-state index in [0.29, 0.717) is 0 Å².